The lowest BCUT2D eigenvalue weighted by atomic mass is 10.0. The summed E-state index contributed by atoms with van der Waals surface area (Å²) in [6.07, 6.45) is 6.57. The van der Waals surface area contributed by atoms with Gasteiger partial charge in [0, 0.05) is 37.9 Å². The number of thiazole rings is 1. The fourth-order valence-electron chi connectivity index (χ4n) is 4.40. The van der Waals surface area contributed by atoms with Crippen molar-refractivity contribution in [3.8, 4) is 21.8 Å². The zero-order valence-corrected chi connectivity index (χ0v) is 22.9. The molecule has 0 spiro atoms. The molecule has 1 fully saturated rings. The van der Waals surface area contributed by atoms with Gasteiger partial charge in [-0.15, -0.1) is 11.3 Å². The van der Waals surface area contributed by atoms with Crippen LogP contribution in [0.25, 0.3) is 21.8 Å². The van der Waals surface area contributed by atoms with Crippen LogP contribution in [-0.4, -0.2) is 61.8 Å². The summed E-state index contributed by atoms with van der Waals surface area (Å²) in [5.74, 6) is 1.50. The molecule has 0 unspecified atom stereocenters. The highest BCUT2D eigenvalue weighted by molar-refractivity contribution is 7.96. The van der Waals surface area contributed by atoms with E-state index in [1.54, 1.807) is 29.5 Å². The quantitative estimate of drug-likeness (QED) is 0.298. The van der Waals surface area contributed by atoms with Crippen molar-refractivity contribution < 1.29 is 5.11 Å². The Balaban J connectivity index is 1.37. The van der Waals surface area contributed by atoms with Crippen LogP contribution < -0.4 is 10.2 Å². The van der Waals surface area contributed by atoms with Crippen LogP contribution in [0, 0.1) is 6.92 Å². The maximum absolute atomic E-state index is 9.70. The van der Waals surface area contributed by atoms with Gasteiger partial charge >= 0.3 is 0 Å². The Kier molecular flexibility index (Phi) is 7.99. The van der Waals surface area contributed by atoms with Crippen molar-refractivity contribution in [3.63, 3.8) is 0 Å². The Bertz CT molecular complexity index is 1350. The lowest BCUT2D eigenvalue weighted by Gasteiger charge is -2.33. The second-order valence-electron chi connectivity index (χ2n) is 8.90. The van der Waals surface area contributed by atoms with E-state index in [9.17, 15) is 5.11 Å². The van der Waals surface area contributed by atoms with E-state index in [1.165, 1.54) is 0 Å². The molecule has 2 N–H and O–H groups in total. The number of anilines is 3. The summed E-state index contributed by atoms with van der Waals surface area (Å²) < 4.78 is 2.37. The Morgan fingerprint density at radius 2 is 1.89 bits per heavy atom. The van der Waals surface area contributed by atoms with Crippen LogP contribution in [0.2, 0.25) is 0 Å². The predicted molar refractivity (Wildman–Crippen MR) is 153 cm³/mol. The first-order valence-corrected chi connectivity index (χ1v) is 14.4. The number of aryl methyl sites for hydroxylation is 2. The Hall–Kier alpha value is -3.05. The van der Waals surface area contributed by atoms with Gasteiger partial charge in [-0.25, -0.2) is 24.2 Å². The van der Waals surface area contributed by atoms with Gasteiger partial charge in [-0.2, -0.15) is 0 Å². The Morgan fingerprint density at radius 3 is 2.59 bits per heavy atom. The highest BCUT2D eigenvalue weighted by Gasteiger charge is 2.19. The van der Waals surface area contributed by atoms with Gasteiger partial charge in [0.25, 0.3) is 0 Å². The van der Waals surface area contributed by atoms with Gasteiger partial charge in [0.1, 0.15) is 5.82 Å². The van der Waals surface area contributed by atoms with Gasteiger partial charge in [-0.05, 0) is 55.5 Å². The van der Waals surface area contributed by atoms with E-state index in [2.05, 4.69) is 43.7 Å². The normalized spacial score (nSPS) is 14.2. The van der Waals surface area contributed by atoms with Crippen LogP contribution in [0.5, 0.6) is 0 Å². The lowest BCUT2D eigenvalue weighted by molar-refractivity contribution is 0.282. The van der Waals surface area contributed by atoms with E-state index in [-0.39, 0.29) is 6.61 Å². The second-order valence-corrected chi connectivity index (χ2v) is 10.9. The number of hydrogen-bond acceptors (Lipinski definition) is 10. The fraction of sp³-hybridized carbons (Fsp3) is 0.333. The van der Waals surface area contributed by atoms with Crippen LogP contribution in [0.3, 0.4) is 0 Å². The molecule has 0 bridgehead atoms. The van der Waals surface area contributed by atoms with E-state index in [4.69, 9.17) is 9.97 Å². The molecule has 4 heterocycles. The van der Waals surface area contributed by atoms with Gasteiger partial charge in [-0.1, -0.05) is 30.5 Å². The van der Waals surface area contributed by atoms with Crippen molar-refractivity contribution in [1.82, 2.24) is 24.2 Å². The molecule has 10 heteroatoms. The number of hydrogen-bond donors (Lipinski definition) is 2. The van der Waals surface area contributed by atoms with Gasteiger partial charge in [0.05, 0.1) is 39.8 Å². The molecule has 5 rings (SSSR count). The molecule has 1 aromatic carbocycles. The summed E-state index contributed by atoms with van der Waals surface area (Å²) in [5.41, 5.74) is 5.49. The molecular formula is C27H31N7OS2. The highest BCUT2D eigenvalue weighted by Crippen LogP contribution is 2.37. The topological polar surface area (TPSA) is 90.3 Å². The Labute approximate surface area is 226 Å². The SMILES string of the molecule is CCc1nc(-c2cc(C)cc(CO)c2)c(-c2ccnc(Nc3ccc(N4CCN(SC)CC4)nc3)n2)s1. The number of pyridine rings is 1. The van der Waals surface area contributed by atoms with E-state index in [1.807, 2.05) is 43.5 Å². The maximum atomic E-state index is 9.70. The van der Waals surface area contributed by atoms with E-state index in [0.29, 0.717) is 5.95 Å². The van der Waals surface area contributed by atoms with Crippen LogP contribution in [0.4, 0.5) is 17.5 Å². The van der Waals surface area contributed by atoms with E-state index in [0.717, 1.165) is 82.1 Å². The molecule has 0 atom stereocenters. The Morgan fingerprint density at radius 1 is 1.05 bits per heavy atom. The zero-order chi connectivity index (χ0) is 25.8. The van der Waals surface area contributed by atoms with Crippen molar-refractivity contribution in [2.24, 2.45) is 0 Å². The lowest BCUT2D eigenvalue weighted by Crippen LogP contribution is -2.43. The van der Waals surface area contributed by atoms with Crippen LogP contribution in [-0.2, 0) is 13.0 Å². The molecule has 192 valence electrons. The minimum atomic E-state index is -0.00278. The first-order valence-electron chi connectivity index (χ1n) is 12.4. The van der Waals surface area contributed by atoms with Crippen molar-refractivity contribution in [2.45, 2.75) is 26.9 Å². The number of aromatic nitrogens is 4. The van der Waals surface area contributed by atoms with Crippen LogP contribution >= 0.6 is 23.3 Å². The molecule has 1 saturated heterocycles. The molecule has 0 aliphatic carbocycles. The minimum absolute atomic E-state index is 0.00278. The number of nitrogens with zero attached hydrogens (tertiary/aromatic N) is 6. The van der Waals surface area contributed by atoms with Crippen LogP contribution in [0.1, 0.15) is 23.1 Å². The highest BCUT2D eigenvalue weighted by atomic mass is 32.2. The number of piperazine rings is 1. The van der Waals surface area contributed by atoms with E-state index < -0.39 is 0 Å². The zero-order valence-electron chi connectivity index (χ0n) is 21.3. The average Bonchev–Trinajstić information content (AvgIpc) is 3.38. The summed E-state index contributed by atoms with van der Waals surface area (Å²) in [6, 6.07) is 12.1. The fourth-order valence-corrected chi connectivity index (χ4v) is 5.92. The largest absolute Gasteiger partial charge is 0.392 e. The number of nitrogens with one attached hydrogen (secondary N) is 1. The third-order valence-corrected chi connectivity index (χ3v) is 8.38. The summed E-state index contributed by atoms with van der Waals surface area (Å²) >= 11 is 3.45. The standard InChI is InChI=1S/C27H31N7OS2/c1-4-24-32-25(20-14-18(2)13-19(15-20)17-35)26(37-24)22-7-8-28-27(31-22)30-21-5-6-23(29-16-21)33-9-11-34(36-3)12-10-33/h5-8,13-16,35H,4,9-12,17H2,1-3H3,(H,28,30,31). The first-order chi connectivity index (χ1) is 18.1. The molecule has 1 aliphatic heterocycles. The molecule has 37 heavy (non-hydrogen) atoms. The molecule has 4 aromatic rings. The summed E-state index contributed by atoms with van der Waals surface area (Å²) in [6.45, 7) is 8.16. The first kappa shape index (κ1) is 25.6. The van der Waals surface area contributed by atoms with E-state index >= 15 is 0 Å². The summed E-state index contributed by atoms with van der Waals surface area (Å²) in [7, 11) is 0. The molecule has 0 amide bonds. The van der Waals surface area contributed by atoms with Crippen molar-refractivity contribution in [2.75, 3.05) is 42.7 Å². The number of rotatable bonds is 8. The maximum Gasteiger partial charge on any atom is 0.227 e. The monoisotopic (exact) mass is 533 g/mol. The van der Waals surface area contributed by atoms with Gasteiger partial charge in [0.2, 0.25) is 5.95 Å². The molecule has 0 saturated carbocycles. The third kappa shape index (κ3) is 5.93. The molecule has 1 aliphatic rings. The molecular weight excluding hydrogens is 502 g/mol. The number of benzene rings is 1. The molecule has 8 nitrogen and oxygen atoms in total. The molecule has 0 radical (unpaired) electrons. The second kappa shape index (κ2) is 11.6. The average molecular weight is 534 g/mol. The summed E-state index contributed by atoms with van der Waals surface area (Å²) in [4.78, 5) is 22.2. The smallest absolute Gasteiger partial charge is 0.227 e. The number of aliphatic hydroxyl groups is 1. The van der Waals surface area contributed by atoms with Gasteiger partial charge in [-0.3, -0.25) is 0 Å². The van der Waals surface area contributed by atoms with Gasteiger partial charge in [0.15, 0.2) is 0 Å². The van der Waals surface area contributed by atoms with Crippen molar-refractivity contribution >= 4 is 40.7 Å². The third-order valence-electron chi connectivity index (χ3n) is 6.28. The molecule has 3 aromatic heterocycles. The summed E-state index contributed by atoms with van der Waals surface area (Å²) in [5, 5.41) is 14.1. The number of aliphatic hydroxyl groups excluding tert-OH is 1. The van der Waals surface area contributed by atoms with Crippen molar-refractivity contribution in [3.05, 3.63) is 64.9 Å². The van der Waals surface area contributed by atoms with Crippen molar-refractivity contribution in [1.29, 1.82) is 0 Å². The predicted octanol–water partition coefficient (Wildman–Crippen LogP) is 5.17. The van der Waals surface area contributed by atoms with Gasteiger partial charge < -0.3 is 15.3 Å². The van der Waals surface area contributed by atoms with Crippen LogP contribution in [0.15, 0.2) is 48.8 Å². The minimum Gasteiger partial charge on any atom is -0.392 e.